The summed E-state index contributed by atoms with van der Waals surface area (Å²) in [6.07, 6.45) is 8.35. The Bertz CT molecular complexity index is 424. The first kappa shape index (κ1) is 11.4. The number of aromatic nitrogens is 1. The molecule has 0 spiro atoms. The van der Waals surface area contributed by atoms with E-state index >= 15 is 0 Å². The van der Waals surface area contributed by atoms with Crippen molar-refractivity contribution in [2.24, 2.45) is 11.8 Å². The summed E-state index contributed by atoms with van der Waals surface area (Å²) >= 11 is 3.38. The van der Waals surface area contributed by atoms with Gasteiger partial charge in [0, 0.05) is 12.7 Å². The Balaban J connectivity index is 1.84. The van der Waals surface area contributed by atoms with Gasteiger partial charge in [0.1, 0.15) is 4.60 Å². The highest BCUT2D eigenvalue weighted by molar-refractivity contribution is 9.10. The number of nitrogens with one attached hydrogen (secondary N) is 1. The summed E-state index contributed by atoms with van der Waals surface area (Å²) in [6.45, 7) is 2.35. The molecule has 1 aromatic heterocycles. The highest BCUT2D eigenvalue weighted by Gasteiger charge is 2.27. The summed E-state index contributed by atoms with van der Waals surface area (Å²) in [5, 5.41) is 3.50. The maximum atomic E-state index is 4.32. The van der Waals surface area contributed by atoms with E-state index in [-0.39, 0.29) is 0 Å². The van der Waals surface area contributed by atoms with Gasteiger partial charge in [0.05, 0.1) is 0 Å². The molecule has 1 saturated heterocycles. The number of allylic oxidation sites excluding steroid dienone is 1. The van der Waals surface area contributed by atoms with Gasteiger partial charge in [-0.1, -0.05) is 12.1 Å². The first-order chi connectivity index (χ1) is 8.33. The Morgan fingerprint density at radius 3 is 3.06 bits per heavy atom. The normalized spacial score (nSPS) is 28.4. The molecule has 1 aliphatic heterocycles. The fourth-order valence-electron chi connectivity index (χ4n) is 2.98. The Labute approximate surface area is 111 Å². The smallest absolute Gasteiger partial charge is 0.106 e. The van der Waals surface area contributed by atoms with Crippen LogP contribution in [0.15, 0.2) is 29.0 Å². The first-order valence-corrected chi connectivity index (χ1v) is 7.15. The van der Waals surface area contributed by atoms with Gasteiger partial charge in [-0.3, -0.25) is 0 Å². The second kappa shape index (κ2) is 4.91. The van der Waals surface area contributed by atoms with Crippen LogP contribution in [0.25, 0.3) is 5.57 Å². The molecule has 1 fully saturated rings. The van der Waals surface area contributed by atoms with E-state index in [1.54, 1.807) is 0 Å². The second-order valence-electron chi connectivity index (χ2n) is 5.02. The fourth-order valence-corrected chi connectivity index (χ4v) is 3.21. The molecule has 0 unspecified atom stereocenters. The first-order valence-electron chi connectivity index (χ1n) is 6.36. The molecule has 0 saturated carbocycles. The Morgan fingerprint density at radius 2 is 2.24 bits per heavy atom. The van der Waals surface area contributed by atoms with E-state index in [2.05, 4.69) is 38.4 Å². The Hall–Kier alpha value is -0.670. The molecule has 2 nitrogen and oxygen atoms in total. The molecule has 1 N–H and O–H groups in total. The minimum atomic E-state index is 0.733. The molecule has 0 aromatic carbocycles. The zero-order valence-corrected chi connectivity index (χ0v) is 11.4. The largest absolute Gasteiger partial charge is 0.316 e. The number of hydrogen-bond donors (Lipinski definition) is 1. The van der Waals surface area contributed by atoms with E-state index in [4.69, 9.17) is 0 Å². The minimum Gasteiger partial charge on any atom is -0.316 e. The molecular formula is C14H17BrN2. The van der Waals surface area contributed by atoms with Crippen molar-refractivity contribution in [3.63, 3.8) is 0 Å². The summed E-state index contributed by atoms with van der Waals surface area (Å²) < 4.78 is 0.912. The monoisotopic (exact) mass is 292 g/mol. The highest BCUT2D eigenvalue weighted by Crippen LogP contribution is 2.36. The molecule has 1 aliphatic carbocycles. The van der Waals surface area contributed by atoms with Crippen molar-refractivity contribution in [1.29, 1.82) is 0 Å². The van der Waals surface area contributed by atoms with Crippen molar-refractivity contribution in [2.45, 2.75) is 19.3 Å². The summed E-state index contributed by atoms with van der Waals surface area (Å²) in [6, 6.07) is 4.20. The van der Waals surface area contributed by atoms with Gasteiger partial charge in [0.25, 0.3) is 0 Å². The fraction of sp³-hybridized carbons (Fsp3) is 0.500. The molecule has 0 radical (unpaired) electrons. The van der Waals surface area contributed by atoms with Gasteiger partial charge in [-0.25, -0.2) is 4.98 Å². The lowest BCUT2D eigenvalue weighted by atomic mass is 9.76. The molecule has 2 aliphatic rings. The van der Waals surface area contributed by atoms with Crippen molar-refractivity contribution in [3.8, 4) is 0 Å². The standard InChI is InChI=1S/C14H17BrN2/c15-14-4-3-12(9-17-14)11-2-1-10-5-6-16-8-13(10)7-11/h3-4,7,9-10,13,16H,1-2,5-6,8H2/t10-,13+/m0/s1. The van der Waals surface area contributed by atoms with Gasteiger partial charge in [-0.15, -0.1) is 0 Å². The third-order valence-corrected chi connectivity index (χ3v) is 4.44. The van der Waals surface area contributed by atoms with Gasteiger partial charge in [-0.05, 0) is 70.8 Å². The third kappa shape index (κ3) is 2.45. The molecule has 2 atom stereocenters. The summed E-state index contributed by atoms with van der Waals surface area (Å²) in [7, 11) is 0. The molecule has 2 heterocycles. The van der Waals surface area contributed by atoms with Crippen molar-refractivity contribution < 1.29 is 0 Å². The van der Waals surface area contributed by atoms with Crippen LogP contribution in [0.1, 0.15) is 24.8 Å². The molecular weight excluding hydrogens is 276 g/mol. The van der Waals surface area contributed by atoms with Crippen LogP contribution in [0.4, 0.5) is 0 Å². The number of fused-ring (bicyclic) bond motifs is 1. The van der Waals surface area contributed by atoms with Crippen LogP contribution in [0.3, 0.4) is 0 Å². The lowest BCUT2D eigenvalue weighted by molar-refractivity contribution is 0.279. The zero-order valence-electron chi connectivity index (χ0n) is 9.82. The van der Waals surface area contributed by atoms with Crippen molar-refractivity contribution in [1.82, 2.24) is 10.3 Å². The number of nitrogens with zero attached hydrogens (tertiary/aromatic N) is 1. The quantitative estimate of drug-likeness (QED) is 0.804. The van der Waals surface area contributed by atoms with Crippen LogP contribution in [0.2, 0.25) is 0 Å². The second-order valence-corrected chi connectivity index (χ2v) is 5.83. The van der Waals surface area contributed by atoms with E-state index < -0.39 is 0 Å². The number of piperidine rings is 1. The van der Waals surface area contributed by atoms with Crippen molar-refractivity contribution >= 4 is 21.5 Å². The maximum Gasteiger partial charge on any atom is 0.106 e. The summed E-state index contributed by atoms with van der Waals surface area (Å²) in [4.78, 5) is 4.32. The lowest BCUT2D eigenvalue weighted by Gasteiger charge is -2.34. The number of pyridine rings is 1. The van der Waals surface area contributed by atoms with Crippen LogP contribution in [0, 0.1) is 11.8 Å². The molecule has 17 heavy (non-hydrogen) atoms. The zero-order chi connectivity index (χ0) is 11.7. The van der Waals surface area contributed by atoms with Crippen molar-refractivity contribution in [3.05, 3.63) is 34.6 Å². The lowest BCUT2D eigenvalue weighted by Crippen LogP contribution is -2.37. The van der Waals surface area contributed by atoms with Gasteiger partial charge < -0.3 is 5.32 Å². The number of halogens is 1. The minimum absolute atomic E-state index is 0.733. The highest BCUT2D eigenvalue weighted by atomic mass is 79.9. The molecule has 3 rings (SSSR count). The van der Waals surface area contributed by atoms with E-state index in [1.807, 2.05) is 12.3 Å². The summed E-state index contributed by atoms with van der Waals surface area (Å²) in [5.41, 5.74) is 2.77. The molecule has 0 amide bonds. The molecule has 0 bridgehead atoms. The van der Waals surface area contributed by atoms with Crippen molar-refractivity contribution in [2.75, 3.05) is 13.1 Å². The predicted octanol–water partition coefficient (Wildman–Crippen LogP) is 3.25. The topological polar surface area (TPSA) is 24.9 Å². The van der Waals surface area contributed by atoms with Crippen LogP contribution in [-0.4, -0.2) is 18.1 Å². The summed E-state index contributed by atoms with van der Waals surface area (Å²) in [5.74, 6) is 1.64. The van der Waals surface area contributed by atoms with Crippen LogP contribution >= 0.6 is 15.9 Å². The Kier molecular flexibility index (Phi) is 3.30. The van der Waals surface area contributed by atoms with E-state index in [9.17, 15) is 0 Å². The Morgan fingerprint density at radius 1 is 1.29 bits per heavy atom. The molecule has 90 valence electrons. The molecule has 1 aromatic rings. The number of hydrogen-bond acceptors (Lipinski definition) is 2. The third-order valence-electron chi connectivity index (χ3n) is 3.98. The van der Waals surface area contributed by atoms with E-state index in [1.165, 1.54) is 36.9 Å². The molecule has 3 heteroatoms. The van der Waals surface area contributed by atoms with E-state index in [0.717, 1.165) is 23.0 Å². The average molecular weight is 293 g/mol. The predicted molar refractivity (Wildman–Crippen MR) is 73.6 cm³/mol. The maximum absolute atomic E-state index is 4.32. The van der Waals surface area contributed by atoms with Crippen LogP contribution in [0.5, 0.6) is 0 Å². The number of rotatable bonds is 1. The van der Waals surface area contributed by atoms with Gasteiger partial charge in [0.2, 0.25) is 0 Å². The SMILES string of the molecule is Brc1ccc(C2=C[C@@H]3CNCC[C@@H]3CC2)cn1. The van der Waals surface area contributed by atoms with Gasteiger partial charge in [-0.2, -0.15) is 0 Å². The van der Waals surface area contributed by atoms with Gasteiger partial charge in [0.15, 0.2) is 0 Å². The average Bonchev–Trinajstić information content (AvgIpc) is 2.39. The van der Waals surface area contributed by atoms with Gasteiger partial charge >= 0.3 is 0 Å². The van der Waals surface area contributed by atoms with Crippen LogP contribution in [-0.2, 0) is 0 Å². The van der Waals surface area contributed by atoms with E-state index in [0.29, 0.717) is 0 Å². The van der Waals surface area contributed by atoms with Crippen LogP contribution < -0.4 is 5.32 Å².